The Morgan fingerprint density at radius 2 is 1.91 bits per heavy atom. The summed E-state index contributed by atoms with van der Waals surface area (Å²) in [6, 6.07) is 14.7. The first-order valence-corrected chi connectivity index (χ1v) is 11.1. The zero-order chi connectivity index (χ0) is 23.1. The van der Waals surface area contributed by atoms with Gasteiger partial charge in [-0.25, -0.2) is 4.39 Å². The van der Waals surface area contributed by atoms with Gasteiger partial charge in [0.25, 0.3) is 0 Å². The lowest BCUT2D eigenvalue weighted by Crippen LogP contribution is -1.99. The molecule has 0 spiro atoms. The van der Waals surface area contributed by atoms with Crippen LogP contribution in [0.5, 0.6) is 0 Å². The Bertz CT molecular complexity index is 1580. The van der Waals surface area contributed by atoms with Crippen LogP contribution in [0.4, 0.5) is 4.39 Å². The minimum absolute atomic E-state index is 0.262. The fraction of sp³-hybridized carbons (Fsp3) is 0.111. The number of nitrogens with one attached hydrogen (secondary N) is 1. The number of benzene rings is 1. The summed E-state index contributed by atoms with van der Waals surface area (Å²) in [5.74, 6) is -0.262. The summed E-state index contributed by atoms with van der Waals surface area (Å²) in [5.41, 5.74) is 8.41. The minimum atomic E-state index is -0.262. The molecule has 5 heterocycles. The normalized spacial score (nSPS) is 14.9. The van der Waals surface area contributed by atoms with Crippen LogP contribution in [0.3, 0.4) is 0 Å². The van der Waals surface area contributed by atoms with Crippen LogP contribution in [0.1, 0.15) is 16.8 Å². The van der Waals surface area contributed by atoms with Crippen molar-refractivity contribution in [2.45, 2.75) is 6.42 Å². The second-order valence-electron chi connectivity index (χ2n) is 8.27. The number of halogens is 1. The maximum Gasteiger partial charge on any atom is 0.123 e. The van der Waals surface area contributed by atoms with Gasteiger partial charge in [0, 0.05) is 60.8 Å². The molecule has 1 N–H and O–H groups in total. The molecule has 0 saturated carbocycles. The summed E-state index contributed by atoms with van der Waals surface area (Å²) in [7, 11) is 1.92. The van der Waals surface area contributed by atoms with E-state index in [2.05, 4.69) is 32.1 Å². The van der Waals surface area contributed by atoms with Gasteiger partial charge in [-0.1, -0.05) is 12.1 Å². The fourth-order valence-electron chi connectivity index (χ4n) is 4.47. The van der Waals surface area contributed by atoms with Crippen molar-refractivity contribution in [2.24, 2.45) is 12.0 Å². The monoisotopic (exact) mass is 448 g/mol. The van der Waals surface area contributed by atoms with E-state index in [0.29, 0.717) is 6.54 Å². The number of pyridine rings is 2. The molecular weight excluding hydrogens is 427 g/mol. The third-order valence-corrected chi connectivity index (χ3v) is 6.13. The molecule has 6 rings (SSSR count). The van der Waals surface area contributed by atoms with Gasteiger partial charge >= 0.3 is 0 Å². The highest BCUT2D eigenvalue weighted by Crippen LogP contribution is 2.35. The number of fused-ring (bicyclic) bond motifs is 2. The first-order valence-electron chi connectivity index (χ1n) is 11.1. The highest BCUT2D eigenvalue weighted by Gasteiger charge is 2.20. The second kappa shape index (κ2) is 8.19. The summed E-state index contributed by atoms with van der Waals surface area (Å²) in [6.07, 6.45) is 9.89. The predicted octanol–water partition coefficient (Wildman–Crippen LogP) is 5.22. The highest BCUT2D eigenvalue weighted by atomic mass is 19.1. The zero-order valence-corrected chi connectivity index (χ0v) is 18.5. The van der Waals surface area contributed by atoms with E-state index in [1.807, 2.05) is 42.2 Å². The van der Waals surface area contributed by atoms with Crippen LogP contribution in [-0.4, -0.2) is 37.5 Å². The quantitative estimate of drug-likeness (QED) is 0.411. The van der Waals surface area contributed by atoms with Crippen molar-refractivity contribution in [3.8, 4) is 22.6 Å². The van der Waals surface area contributed by atoms with E-state index >= 15 is 0 Å². The summed E-state index contributed by atoms with van der Waals surface area (Å²) in [6.45, 7) is 0.680. The topological polar surface area (TPSA) is 71.8 Å². The third kappa shape index (κ3) is 3.51. The lowest BCUT2D eigenvalue weighted by Gasteiger charge is -2.10. The average molecular weight is 449 g/mol. The molecule has 0 fully saturated rings. The Morgan fingerprint density at radius 1 is 1.03 bits per heavy atom. The van der Waals surface area contributed by atoms with Gasteiger partial charge in [0.15, 0.2) is 0 Å². The van der Waals surface area contributed by atoms with Gasteiger partial charge in [0.05, 0.1) is 23.1 Å². The lowest BCUT2D eigenvalue weighted by atomic mass is 9.95. The molecule has 4 aromatic heterocycles. The second-order valence-corrected chi connectivity index (χ2v) is 8.27. The number of aliphatic imine (C=N–C) groups is 1. The van der Waals surface area contributed by atoms with Gasteiger partial charge < -0.3 is 4.98 Å². The maximum absolute atomic E-state index is 14.0. The number of nitrogens with zero attached hydrogens (tertiary/aromatic N) is 5. The van der Waals surface area contributed by atoms with E-state index in [0.717, 1.165) is 62.4 Å². The number of aryl methyl sites for hydroxylation is 1. The van der Waals surface area contributed by atoms with E-state index in [-0.39, 0.29) is 5.82 Å². The summed E-state index contributed by atoms with van der Waals surface area (Å²) < 4.78 is 15.9. The summed E-state index contributed by atoms with van der Waals surface area (Å²) >= 11 is 0. The SMILES string of the molecule is Cn1nc(-c2cc3c([nH]2)CCN=C/C=C\3c2cccc(F)c2)c2cc(-c3ccncc3)ncc21. The first kappa shape index (κ1) is 20.2. The molecule has 0 aliphatic carbocycles. The molecular formula is C27H21FN6. The molecule has 0 unspecified atom stereocenters. The van der Waals surface area contributed by atoms with Crippen LogP contribution in [0, 0.1) is 5.82 Å². The maximum atomic E-state index is 14.0. The average Bonchev–Trinajstić information content (AvgIpc) is 3.40. The number of hydrogen-bond acceptors (Lipinski definition) is 4. The first-order chi connectivity index (χ1) is 16.7. The molecule has 1 aromatic carbocycles. The van der Waals surface area contributed by atoms with Crippen LogP contribution >= 0.6 is 0 Å². The summed E-state index contributed by atoms with van der Waals surface area (Å²) in [4.78, 5) is 16.8. The van der Waals surface area contributed by atoms with Crippen LogP contribution < -0.4 is 0 Å². The lowest BCUT2D eigenvalue weighted by molar-refractivity contribution is 0.627. The number of aromatic amines is 1. The molecule has 5 aromatic rings. The Morgan fingerprint density at radius 3 is 2.76 bits per heavy atom. The van der Waals surface area contributed by atoms with Gasteiger partial charge in [0.2, 0.25) is 0 Å². The van der Waals surface area contributed by atoms with Crippen molar-refractivity contribution in [3.05, 3.63) is 95.8 Å². The van der Waals surface area contributed by atoms with Crippen LogP contribution in [0.2, 0.25) is 0 Å². The molecule has 1 aliphatic heterocycles. The van der Waals surface area contributed by atoms with E-state index in [4.69, 9.17) is 5.10 Å². The van der Waals surface area contributed by atoms with Crippen molar-refractivity contribution < 1.29 is 4.39 Å². The number of H-pyrrole nitrogens is 1. The van der Waals surface area contributed by atoms with Gasteiger partial charge in [-0.2, -0.15) is 5.10 Å². The fourth-order valence-corrected chi connectivity index (χ4v) is 4.47. The van der Waals surface area contributed by atoms with Crippen molar-refractivity contribution in [3.63, 3.8) is 0 Å². The Hall–Kier alpha value is -4.39. The van der Waals surface area contributed by atoms with Crippen LogP contribution in [0.25, 0.3) is 39.1 Å². The minimum Gasteiger partial charge on any atom is -0.356 e. The standard InChI is InChI=1S/C27H21FN6/c1-34-26-16-31-24(17-5-9-29-10-6-17)15-22(26)27(33-34)25-14-21-20(18-3-2-4-19(28)13-18)7-11-30-12-8-23(21)32-25/h2-7,9-11,13-16,32H,8,12H2,1H3/b20-7-,30-11?. The van der Waals surface area contributed by atoms with Crippen molar-refractivity contribution >= 4 is 22.7 Å². The largest absolute Gasteiger partial charge is 0.356 e. The Kier molecular flexibility index (Phi) is 4.87. The van der Waals surface area contributed by atoms with Crippen molar-refractivity contribution in [1.29, 1.82) is 0 Å². The number of aromatic nitrogens is 5. The molecule has 166 valence electrons. The van der Waals surface area contributed by atoms with E-state index in [1.165, 1.54) is 6.07 Å². The Labute approximate surface area is 195 Å². The zero-order valence-electron chi connectivity index (χ0n) is 18.5. The number of allylic oxidation sites excluding steroid dienone is 1. The molecule has 1 aliphatic rings. The Balaban J connectivity index is 1.51. The molecule has 34 heavy (non-hydrogen) atoms. The predicted molar refractivity (Wildman–Crippen MR) is 132 cm³/mol. The third-order valence-electron chi connectivity index (χ3n) is 6.13. The van der Waals surface area contributed by atoms with Gasteiger partial charge in [0.1, 0.15) is 11.5 Å². The van der Waals surface area contributed by atoms with Gasteiger partial charge in [-0.15, -0.1) is 0 Å². The summed E-state index contributed by atoms with van der Waals surface area (Å²) in [5, 5.41) is 5.82. The van der Waals surface area contributed by atoms with Crippen molar-refractivity contribution in [2.75, 3.05) is 6.54 Å². The molecule has 0 amide bonds. The molecule has 0 bridgehead atoms. The van der Waals surface area contributed by atoms with Crippen LogP contribution in [0.15, 0.2) is 78.2 Å². The molecule has 0 atom stereocenters. The highest BCUT2D eigenvalue weighted by molar-refractivity contribution is 5.97. The van der Waals surface area contributed by atoms with E-state index < -0.39 is 0 Å². The number of hydrogen-bond donors (Lipinski definition) is 1. The van der Waals surface area contributed by atoms with Gasteiger partial charge in [-0.3, -0.25) is 19.6 Å². The molecule has 0 saturated heterocycles. The van der Waals surface area contributed by atoms with E-state index in [9.17, 15) is 4.39 Å². The number of rotatable bonds is 3. The smallest absolute Gasteiger partial charge is 0.123 e. The molecule has 0 radical (unpaired) electrons. The van der Waals surface area contributed by atoms with Crippen molar-refractivity contribution in [1.82, 2.24) is 24.7 Å². The van der Waals surface area contributed by atoms with Gasteiger partial charge in [-0.05, 0) is 53.6 Å². The van der Waals surface area contributed by atoms with E-state index in [1.54, 1.807) is 30.7 Å². The van der Waals surface area contributed by atoms with Crippen LogP contribution in [-0.2, 0) is 13.5 Å². The molecule has 6 nitrogen and oxygen atoms in total. The molecule has 7 heteroatoms.